The zero-order chi connectivity index (χ0) is 10.1. The summed E-state index contributed by atoms with van der Waals surface area (Å²) in [4.78, 5) is 14.5. The number of rotatable bonds is 2. The third-order valence-corrected chi connectivity index (χ3v) is 2.40. The van der Waals surface area contributed by atoms with E-state index in [1.54, 1.807) is 12.3 Å². The monoisotopic (exact) mass is 193 g/mol. The molecule has 5 heteroatoms. The third kappa shape index (κ3) is 1.46. The quantitative estimate of drug-likeness (QED) is 0.561. The molecule has 1 saturated heterocycles. The van der Waals surface area contributed by atoms with Gasteiger partial charge in [0.15, 0.2) is 0 Å². The van der Waals surface area contributed by atoms with Crippen LogP contribution in [-0.4, -0.2) is 23.0 Å². The number of hydrogen-bond donors (Lipinski definition) is 1. The molecule has 0 aromatic carbocycles. The Morgan fingerprint density at radius 2 is 2.36 bits per heavy atom. The van der Waals surface area contributed by atoms with Crippen molar-refractivity contribution >= 4 is 5.69 Å². The van der Waals surface area contributed by atoms with Gasteiger partial charge >= 0.3 is 0 Å². The molecule has 0 amide bonds. The zero-order valence-corrected chi connectivity index (χ0v) is 7.86. The van der Waals surface area contributed by atoms with Crippen molar-refractivity contribution in [3.8, 4) is 0 Å². The molecule has 1 aliphatic heterocycles. The molecule has 1 aromatic heterocycles. The largest absolute Gasteiger partial charge is 0.315 e. The second-order valence-electron chi connectivity index (χ2n) is 3.53. The molecule has 14 heavy (non-hydrogen) atoms. The van der Waals surface area contributed by atoms with Crippen LogP contribution in [0.15, 0.2) is 12.3 Å². The molecule has 0 atom stereocenters. The summed E-state index contributed by atoms with van der Waals surface area (Å²) in [5, 5.41) is 13.8. The lowest BCUT2D eigenvalue weighted by atomic mass is 9.97. The van der Waals surface area contributed by atoms with Crippen LogP contribution in [0, 0.1) is 17.0 Å². The molecule has 1 aliphatic rings. The molecule has 0 bridgehead atoms. The molecule has 74 valence electrons. The van der Waals surface area contributed by atoms with E-state index in [1.165, 1.54) is 0 Å². The van der Waals surface area contributed by atoms with Gasteiger partial charge in [-0.15, -0.1) is 0 Å². The first-order chi connectivity index (χ1) is 6.68. The Labute approximate surface area is 81.3 Å². The number of aromatic nitrogens is 1. The Morgan fingerprint density at radius 1 is 1.64 bits per heavy atom. The summed E-state index contributed by atoms with van der Waals surface area (Å²) in [6.07, 6.45) is 1.68. The molecule has 1 aromatic rings. The van der Waals surface area contributed by atoms with Crippen LogP contribution >= 0.6 is 0 Å². The highest BCUT2D eigenvalue weighted by Crippen LogP contribution is 2.27. The van der Waals surface area contributed by atoms with Crippen molar-refractivity contribution in [1.29, 1.82) is 0 Å². The van der Waals surface area contributed by atoms with Crippen molar-refractivity contribution in [2.45, 2.75) is 12.8 Å². The fraction of sp³-hybridized carbons (Fsp3) is 0.444. The number of hydrogen-bond acceptors (Lipinski definition) is 4. The molecule has 0 unspecified atom stereocenters. The van der Waals surface area contributed by atoms with Gasteiger partial charge < -0.3 is 5.32 Å². The van der Waals surface area contributed by atoms with Crippen LogP contribution in [0.3, 0.4) is 0 Å². The van der Waals surface area contributed by atoms with E-state index in [0.717, 1.165) is 18.7 Å². The van der Waals surface area contributed by atoms with E-state index in [9.17, 15) is 10.1 Å². The van der Waals surface area contributed by atoms with Crippen LogP contribution in [0.5, 0.6) is 0 Å². The average molecular weight is 193 g/mol. The first-order valence-corrected chi connectivity index (χ1v) is 4.50. The van der Waals surface area contributed by atoms with E-state index in [1.807, 2.05) is 6.92 Å². The molecule has 2 rings (SSSR count). The molecule has 5 nitrogen and oxygen atoms in total. The van der Waals surface area contributed by atoms with Crippen molar-refractivity contribution in [2.75, 3.05) is 13.1 Å². The predicted molar refractivity (Wildman–Crippen MR) is 51.2 cm³/mol. The molecular weight excluding hydrogens is 182 g/mol. The summed E-state index contributed by atoms with van der Waals surface area (Å²) in [5.74, 6) is 0.205. The first-order valence-electron chi connectivity index (χ1n) is 4.50. The molecule has 0 radical (unpaired) electrons. The SMILES string of the molecule is Cc1cnc(C2CNC2)c([N+](=O)[O-])c1. The lowest BCUT2D eigenvalue weighted by Crippen LogP contribution is -2.40. The number of aryl methyl sites for hydroxylation is 1. The minimum Gasteiger partial charge on any atom is -0.315 e. The summed E-state index contributed by atoms with van der Waals surface area (Å²) < 4.78 is 0. The number of nitrogens with zero attached hydrogens (tertiary/aromatic N) is 2. The van der Waals surface area contributed by atoms with E-state index >= 15 is 0 Å². The minimum atomic E-state index is -0.354. The summed E-state index contributed by atoms with van der Waals surface area (Å²) in [5.41, 5.74) is 1.59. The maximum Gasteiger partial charge on any atom is 0.291 e. The smallest absolute Gasteiger partial charge is 0.291 e. The van der Waals surface area contributed by atoms with Crippen LogP contribution in [0.4, 0.5) is 5.69 Å². The molecule has 0 aliphatic carbocycles. The molecule has 1 fully saturated rings. The van der Waals surface area contributed by atoms with Gasteiger partial charge in [0.2, 0.25) is 0 Å². The average Bonchev–Trinajstić information content (AvgIpc) is 2.04. The summed E-state index contributed by atoms with van der Waals surface area (Å²) >= 11 is 0. The second-order valence-corrected chi connectivity index (χ2v) is 3.53. The highest BCUT2D eigenvalue weighted by atomic mass is 16.6. The van der Waals surface area contributed by atoms with E-state index in [-0.39, 0.29) is 16.5 Å². The second kappa shape index (κ2) is 3.34. The third-order valence-electron chi connectivity index (χ3n) is 2.40. The van der Waals surface area contributed by atoms with Crippen molar-refractivity contribution in [1.82, 2.24) is 10.3 Å². The normalized spacial score (nSPS) is 16.4. The van der Waals surface area contributed by atoms with Gasteiger partial charge in [0, 0.05) is 31.3 Å². The summed E-state index contributed by atoms with van der Waals surface area (Å²) in [6.45, 7) is 3.39. The van der Waals surface area contributed by atoms with Gasteiger partial charge in [0.25, 0.3) is 5.69 Å². The van der Waals surface area contributed by atoms with Crippen LogP contribution in [0.2, 0.25) is 0 Å². The maximum atomic E-state index is 10.8. The Kier molecular flexibility index (Phi) is 2.17. The van der Waals surface area contributed by atoms with Crippen LogP contribution < -0.4 is 5.32 Å². The van der Waals surface area contributed by atoms with E-state index < -0.39 is 0 Å². The molecule has 2 heterocycles. The van der Waals surface area contributed by atoms with Crippen LogP contribution in [0.25, 0.3) is 0 Å². The van der Waals surface area contributed by atoms with Gasteiger partial charge in [0.1, 0.15) is 5.69 Å². The maximum absolute atomic E-state index is 10.8. The van der Waals surface area contributed by atoms with E-state index in [4.69, 9.17) is 0 Å². The molecule has 0 saturated carbocycles. The Bertz CT molecular complexity index is 374. The fourth-order valence-electron chi connectivity index (χ4n) is 1.51. The van der Waals surface area contributed by atoms with Gasteiger partial charge in [-0.2, -0.15) is 0 Å². The summed E-state index contributed by atoms with van der Waals surface area (Å²) in [7, 11) is 0. The fourth-order valence-corrected chi connectivity index (χ4v) is 1.51. The Morgan fingerprint density at radius 3 is 2.86 bits per heavy atom. The standard InChI is InChI=1S/C9H11N3O2/c1-6-2-8(12(13)14)9(11-3-6)7-4-10-5-7/h2-3,7,10H,4-5H2,1H3. The van der Waals surface area contributed by atoms with E-state index in [2.05, 4.69) is 10.3 Å². The van der Waals surface area contributed by atoms with Crippen molar-refractivity contribution in [3.63, 3.8) is 0 Å². The van der Waals surface area contributed by atoms with Gasteiger partial charge in [-0.05, 0) is 12.5 Å². The van der Waals surface area contributed by atoms with Crippen molar-refractivity contribution in [3.05, 3.63) is 33.6 Å². The number of nitro groups is 1. The van der Waals surface area contributed by atoms with Gasteiger partial charge in [0.05, 0.1) is 4.92 Å². The zero-order valence-electron chi connectivity index (χ0n) is 7.86. The van der Waals surface area contributed by atoms with Crippen LogP contribution in [0.1, 0.15) is 17.2 Å². The van der Waals surface area contributed by atoms with Gasteiger partial charge in [-0.25, -0.2) is 0 Å². The molecular formula is C9H11N3O2. The lowest BCUT2D eigenvalue weighted by molar-refractivity contribution is -0.386. The number of pyridine rings is 1. The Hall–Kier alpha value is -1.49. The first kappa shape index (κ1) is 9.08. The minimum absolute atomic E-state index is 0.150. The van der Waals surface area contributed by atoms with Crippen molar-refractivity contribution < 1.29 is 4.92 Å². The van der Waals surface area contributed by atoms with Gasteiger partial charge in [-0.1, -0.05) is 0 Å². The predicted octanol–water partition coefficient (Wildman–Crippen LogP) is 0.985. The molecule has 0 spiro atoms. The highest BCUT2D eigenvalue weighted by molar-refractivity contribution is 5.41. The van der Waals surface area contributed by atoms with Crippen molar-refractivity contribution in [2.24, 2.45) is 0 Å². The Balaban J connectivity index is 2.41. The van der Waals surface area contributed by atoms with E-state index in [0.29, 0.717) is 5.69 Å². The highest BCUT2D eigenvalue weighted by Gasteiger charge is 2.28. The van der Waals surface area contributed by atoms with Crippen LogP contribution in [-0.2, 0) is 0 Å². The van der Waals surface area contributed by atoms with Gasteiger partial charge in [-0.3, -0.25) is 15.1 Å². The topological polar surface area (TPSA) is 68.1 Å². The molecule has 1 N–H and O–H groups in total. The lowest BCUT2D eigenvalue weighted by Gasteiger charge is -2.26. The summed E-state index contributed by atoms with van der Waals surface area (Å²) in [6, 6.07) is 1.58. The number of nitrogens with one attached hydrogen (secondary N) is 1.